The van der Waals surface area contributed by atoms with Crippen molar-refractivity contribution in [1.29, 1.82) is 0 Å². The van der Waals surface area contributed by atoms with Crippen molar-refractivity contribution in [3.8, 4) is 0 Å². The van der Waals surface area contributed by atoms with Crippen LogP contribution in [-0.2, 0) is 9.47 Å². The number of nitrogens with one attached hydrogen (secondary N) is 2. The average Bonchev–Trinajstić information content (AvgIpc) is 2.56. The molecule has 0 aliphatic carbocycles. The summed E-state index contributed by atoms with van der Waals surface area (Å²) in [7, 11) is 3.82. The Bertz CT molecular complexity index is 396. The molecule has 2 unspecified atom stereocenters. The number of nitrogens with zero attached hydrogens (tertiary/aromatic N) is 1. The summed E-state index contributed by atoms with van der Waals surface area (Å²) in [6.45, 7) is 11.0. The van der Waals surface area contributed by atoms with Crippen LogP contribution in [0.1, 0.15) is 66.7 Å². The van der Waals surface area contributed by atoms with Crippen molar-refractivity contribution in [1.82, 2.24) is 15.5 Å². The number of unbranched alkanes of at least 4 members (excludes halogenated alkanes) is 2. The van der Waals surface area contributed by atoms with E-state index in [1.807, 2.05) is 39.8 Å². The van der Waals surface area contributed by atoms with Gasteiger partial charge in [-0.1, -0.05) is 33.6 Å². The van der Waals surface area contributed by atoms with Gasteiger partial charge in [-0.2, -0.15) is 0 Å². The molecule has 0 aliphatic heterocycles. The third-order valence-corrected chi connectivity index (χ3v) is 4.97. The molecule has 0 fully saturated rings. The molecule has 0 heterocycles. The Morgan fingerprint density at radius 2 is 1.21 bits per heavy atom. The third-order valence-electron chi connectivity index (χ3n) is 4.97. The predicted octanol–water partition coefficient (Wildman–Crippen LogP) is 4.37. The molecular formula is C19H41Cl2N3O4. The van der Waals surface area contributed by atoms with Gasteiger partial charge in [0, 0.05) is 13.1 Å². The molecule has 0 aliphatic rings. The Morgan fingerprint density at radius 1 is 0.857 bits per heavy atom. The maximum Gasteiger partial charge on any atom is 0.407 e. The highest BCUT2D eigenvalue weighted by molar-refractivity contribution is 5.85. The molecule has 0 saturated heterocycles. The SMILES string of the molecule is CCCCNC(=O)OC(C)C(CC)(C(C)OC(=O)NCCCC)N(C)C.Cl.Cl. The Labute approximate surface area is 183 Å². The van der Waals surface area contributed by atoms with Crippen LogP contribution >= 0.6 is 24.8 Å². The van der Waals surface area contributed by atoms with Crippen molar-refractivity contribution < 1.29 is 19.1 Å². The number of ether oxygens (including phenoxy) is 2. The van der Waals surface area contributed by atoms with E-state index in [2.05, 4.69) is 24.5 Å². The van der Waals surface area contributed by atoms with E-state index in [1.165, 1.54) is 0 Å². The van der Waals surface area contributed by atoms with Crippen molar-refractivity contribution in [3.63, 3.8) is 0 Å². The summed E-state index contributed by atoms with van der Waals surface area (Å²) in [6, 6.07) is 0. The van der Waals surface area contributed by atoms with Gasteiger partial charge in [0.25, 0.3) is 0 Å². The number of carbonyl (C=O) groups excluding carboxylic acids is 2. The molecule has 170 valence electrons. The smallest absolute Gasteiger partial charge is 0.407 e. The molecule has 2 N–H and O–H groups in total. The van der Waals surface area contributed by atoms with Gasteiger partial charge in [0.15, 0.2) is 0 Å². The number of rotatable bonds is 12. The Kier molecular flexibility index (Phi) is 19.3. The highest BCUT2D eigenvalue weighted by atomic mass is 35.5. The molecule has 7 nitrogen and oxygen atoms in total. The average molecular weight is 446 g/mol. The van der Waals surface area contributed by atoms with E-state index in [-0.39, 0.29) is 24.8 Å². The van der Waals surface area contributed by atoms with Crippen LogP contribution in [0.3, 0.4) is 0 Å². The Balaban J connectivity index is -0.00000312. The van der Waals surface area contributed by atoms with Crippen molar-refractivity contribution >= 4 is 37.0 Å². The normalized spacial score (nSPS) is 14.6. The fraction of sp³-hybridized carbons (Fsp3) is 0.895. The van der Waals surface area contributed by atoms with E-state index in [0.29, 0.717) is 19.5 Å². The summed E-state index contributed by atoms with van der Waals surface area (Å²) in [6.07, 6.45) is 2.70. The fourth-order valence-corrected chi connectivity index (χ4v) is 3.29. The first-order valence-corrected chi connectivity index (χ1v) is 9.82. The monoisotopic (exact) mass is 445 g/mol. The number of amides is 2. The standard InChI is InChI=1S/C19H39N3O4.2ClH/c1-8-11-13-20-17(23)25-15(4)19(10-3,22(6)7)16(5)26-18(24)21-14-12-9-2;;/h15-16H,8-14H2,1-7H3,(H,20,23)(H,21,24);2*1H. The number of halogens is 2. The minimum Gasteiger partial charge on any atom is -0.444 e. The zero-order chi connectivity index (χ0) is 20.2. The molecule has 0 aromatic carbocycles. The minimum atomic E-state index is -0.621. The number of carbonyl (C=O) groups is 2. The quantitative estimate of drug-likeness (QED) is 0.435. The van der Waals surface area contributed by atoms with E-state index < -0.39 is 29.9 Å². The number of alkyl carbamates (subject to hydrolysis) is 2. The molecule has 0 rings (SSSR count). The van der Waals surface area contributed by atoms with E-state index >= 15 is 0 Å². The second-order valence-electron chi connectivity index (χ2n) is 6.89. The van der Waals surface area contributed by atoms with Gasteiger partial charge in [-0.15, -0.1) is 24.8 Å². The van der Waals surface area contributed by atoms with Gasteiger partial charge >= 0.3 is 12.2 Å². The van der Waals surface area contributed by atoms with Crippen LogP contribution in [0.5, 0.6) is 0 Å². The molecule has 0 aromatic heterocycles. The minimum absolute atomic E-state index is 0. The topological polar surface area (TPSA) is 79.9 Å². The summed E-state index contributed by atoms with van der Waals surface area (Å²) in [5.74, 6) is 0. The van der Waals surface area contributed by atoms with Crippen LogP contribution in [0.15, 0.2) is 0 Å². The third kappa shape index (κ3) is 10.0. The number of hydrogen-bond donors (Lipinski definition) is 2. The molecule has 0 radical (unpaired) electrons. The molecule has 0 spiro atoms. The Morgan fingerprint density at radius 3 is 1.46 bits per heavy atom. The Hall–Kier alpha value is -0.920. The van der Waals surface area contributed by atoms with Crippen LogP contribution in [0.25, 0.3) is 0 Å². The van der Waals surface area contributed by atoms with Crippen LogP contribution < -0.4 is 10.6 Å². The van der Waals surface area contributed by atoms with Gasteiger partial charge in [-0.3, -0.25) is 4.90 Å². The lowest BCUT2D eigenvalue weighted by Gasteiger charge is -2.46. The molecule has 28 heavy (non-hydrogen) atoms. The highest BCUT2D eigenvalue weighted by Gasteiger charge is 2.46. The summed E-state index contributed by atoms with van der Waals surface area (Å²) >= 11 is 0. The summed E-state index contributed by atoms with van der Waals surface area (Å²) < 4.78 is 11.2. The molecule has 2 atom stereocenters. The van der Waals surface area contributed by atoms with Crippen LogP contribution in [-0.4, -0.2) is 62.0 Å². The molecule has 9 heteroatoms. The first-order chi connectivity index (χ1) is 12.3. The second kappa shape index (κ2) is 17.0. The first kappa shape index (κ1) is 31.8. The molecular weight excluding hydrogens is 405 g/mol. The first-order valence-electron chi connectivity index (χ1n) is 9.82. The van der Waals surface area contributed by atoms with E-state index in [0.717, 1.165) is 25.7 Å². The zero-order valence-electron chi connectivity index (χ0n) is 18.5. The van der Waals surface area contributed by atoms with Crippen LogP contribution in [0, 0.1) is 0 Å². The van der Waals surface area contributed by atoms with Crippen molar-refractivity contribution in [3.05, 3.63) is 0 Å². The summed E-state index contributed by atoms with van der Waals surface area (Å²) in [5.41, 5.74) is -0.621. The van der Waals surface area contributed by atoms with E-state index in [1.54, 1.807) is 0 Å². The predicted molar refractivity (Wildman–Crippen MR) is 119 cm³/mol. The lowest BCUT2D eigenvalue weighted by molar-refractivity contribution is -0.0831. The van der Waals surface area contributed by atoms with E-state index in [9.17, 15) is 9.59 Å². The van der Waals surface area contributed by atoms with Gasteiger partial charge in [0.1, 0.15) is 12.2 Å². The lowest BCUT2D eigenvalue weighted by atomic mass is 9.83. The van der Waals surface area contributed by atoms with E-state index in [4.69, 9.17) is 9.47 Å². The second-order valence-corrected chi connectivity index (χ2v) is 6.89. The molecule has 0 aromatic rings. The number of hydrogen-bond acceptors (Lipinski definition) is 5. The highest BCUT2D eigenvalue weighted by Crippen LogP contribution is 2.30. The fourth-order valence-electron chi connectivity index (χ4n) is 3.29. The van der Waals surface area contributed by atoms with Gasteiger partial charge < -0.3 is 20.1 Å². The maximum absolute atomic E-state index is 12.1. The van der Waals surface area contributed by atoms with Crippen molar-refractivity contribution in [2.45, 2.75) is 84.5 Å². The van der Waals surface area contributed by atoms with Crippen LogP contribution in [0.4, 0.5) is 9.59 Å². The molecule has 0 saturated carbocycles. The van der Waals surface area contributed by atoms with Crippen molar-refractivity contribution in [2.24, 2.45) is 0 Å². The lowest BCUT2D eigenvalue weighted by Crippen LogP contribution is -2.62. The van der Waals surface area contributed by atoms with Gasteiger partial charge in [-0.25, -0.2) is 9.59 Å². The maximum atomic E-state index is 12.1. The number of likely N-dealkylation sites (N-methyl/N-ethyl adjacent to an activating group) is 1. The summed E-state index contributed by atoms with van der Waals surface area (Å²) in [5, 5.41) is 5.53. The van der Waals surface area contributed by atoms with Gasteiger partial charge in [0.05, 0.1) is 5.54 Å². The van der Waals surface area contributed by atoms with Gasteiger partial charge in [0.2, 0.25) is 0 Å². The van der Waals surface area contributed by atoms with Crippen LogP contribution in [0.2, 0.25) is 0 Å². The molecule has 2 amide bonds. The van der Waals surface area contributed by atoms with Crippen molar-refractivity contribution in [2.75, 3.05) is 27.2 Å². The largest absolute Gasteiger partial charge is 0.444 e. The zero-order valence-corrected chi connectivity index (χ0v) is 20.1. The summed E-state index contributed by atoms with van der Waals surface area (Å²) in [4.78, 5) is 26.1. The molecule has 0 bridgehead atoms. The van der Waals surface area contributed by atoms with Gasteiger partial charge in [-0.05, 0) is 47.2 Å².